The zero-order chi connectivity index (χ0) is 16.0. The third-order valence-electron chi connectivity index (χ3n) is 2.97. The summed E-state index contributed by atoms with van der Waals surface area (Å²) in [6.07, 6.45) is -3.63. The van der Waals surface area contributed by atoms with Gasteiger partial charge in [-0.1, -0.05) is 0 Å². The molecular weight excluding hydrogens is 283 g/mol. The van der Waals surface area contributed by atoms with Crippen molar-refractivity contribution in [3.05, 3.63) is 11.8 Å². The van der Waals surface area contributed by atoms with Gasteiger partial charge in [-0.2, -0.15) is 18.2 Å². The molecule has 0 amide bonds. The van der Waals surface area contributed by atoms with Crippen LogP contribution in [-0.4, -0.2) is 55.6 Å². The van der Waals surface area contributed by atoms with Crippen LogP contribution >= 0.6 is 0 Å². The lowest BCUT2D eigenvalue weighted by Gasteiger charge is -2.24. The molecule has 0 atom stereocenters. The van der Waals surface area contributed by atoms with Crippen molar-refractivity contribution in [3.8, 4) is 0 Å². The van der Waals surface area contributed by atoms with Gasteiger partial charge in [0.1, 0.15) is 5.82 Å². The molecule has 0 radical (unpaired) electrons. The average Bonchev–Trinajstić information content (AvgIpc) is 2.41. The molecule has 5 nitrogen and oxygen atoms in total. The third kappa shape index (κ3) is 5.37. The summed E-state index contributed by atoms with van der Waals surface area (Å²) in [6.45, 7) is 3.99. The monoisotopic (exact) mass is 305 g/mol. The van der Waals surface area contributed by atoms with E-state index in [0.717, 1.165) is 19.0 Å². The van der Waals surface area contributed by atoms with Crippen molar-refractivity contribution in [2.75, 3.05) is 51.0 Å². The Balaban J connectivity index is 2.97. The molecule has 0 saturated heterocycles. The van der Waals surface area contributed by atoms with Crippen LogP contribution in [0.1, 0.15) is 19.0 Å². The van der Waals surface area contributed by atoms with E-state index in [-0.39, 0.29) is 5.95 Å². The second kappa shape index (κ2) is 7.44. The van der Waals surface area contributed by atoms with E-state index < -0.39 is 11.9 Å². The van der Waals surface area contributed by atoms with Gasteiger partial charge in [-0.25, -0.2) is 4.98 Å². The molecule has 0 saturated carbocycles. The Morgan fingerprint density at radius 3 is 2.33 bits per heavy atom. The first-order chi connectivity index (χ1) is 9.77. The lowest BCUT2D eigenvalue weighted by molar-refractivity contribution is -0.141. The van der Waals surface area contributed by atoms with E-state index >= 15 is 0 Å². The number of rotatable bonds is 7. The van der Waals surface area contributed by atoms with Crippen molar-refractivity contribution in [1.82, 2.24) is 14.9 Å². The van der Waals surface area contributed by atoms with Gasteiger partial charge in [0.25, 0.3) is 0 Å². The summed E-state index contributed by atoms with van der Waals surface area (Å²) in [5.74, 6) is 0.272. The average molecular weight is 305 g/mol. The maximum absolute atomic E-state index is 12.9. The molecule has 0 aliphatic carbocycles. The van der Waals surface area contributed by atoms with Gasteiger partial charge in [-0.05, 0) is 34.0 Å². The number of anilines is 2. The molecular formula is C13H22F3N5. The first kappa shape index (κ1) is 17.5. The molecule has 8 heteroatoms. The fourth-order valence-corrected chi connectivity index (χ4v) is 1.87. The minimum atomic E-state index is -4.48. The third-order valence-corrected chi connectivity index (χ3v) is 2.97. The zero-order valence-electron chi connectivity index (χ0n) is 12.8. The van der Waals surface area contributed by atoms with Crippen LogP contribution in [0.2, 0.25) is 0 Å². The van der Waals surface area contributed by atoms with E-state index in [1.165, 1.54) is 7.05 Å². The highest BCUT2D eigenvalue weighted by molar-refractivity contribution is 5.45. The zero-order valence-corrected chi connectivity index (χ0v) is 12.8. The molecule has 0 unspecified atom stereocenters. The summed E-state index contributed by atoms with van der Waals surface area (Å²) in [4.78, 5) is 11.4. The minimum Gasteiger partial charge on any atom is -0.357 e. The van der Waals surface area contributed by atoms with Gasteiger partial charge in [-0.15, -0.1) is 0 Å². The lowest BCUT2D eigenvalue weighted by atomic mass is 10.3. The van der Waals surface area contributed by atoms with Crippen molar-refractivity contribution in [2.45, 2.75) is 19.5 Å². The van der Waals surface area contributed by atoms with E-state index in [1.807, 2.05) is 30.8 Å². The molecule has 1 aromatic heterocycles. The van der Waals surface area contributed by atoms with Crippen LogP contribution in [0.3, 0.4) is 0 Å². The van der Waals surface area contributed by atoms with E-state index in [9.17, 15) is 13.2 Å². The molecule has 0 aliphatic heterocycles. The SMILES string of the molecule is CCN(CCCN(C)C)c1cc(C(F)(F)F)nc(NC)n1. The predicted octanol–water partition coefficient (Wildman–Crippen LogP) is 2.32. The van der Waals surface area contributed by atoms with Crippen molar-refractivity contribution >= 4 is 11.8 Å². The standard InChI is InChI=1S/C13H22F3N5/c1-5-21(8-6-7-20(3)4)11-9-10(13(14,15)16)18-12(17-2)19-11/h9H,5-8H2,1-4H3,(H,17,18,19). The van der Waals surface area contributed by atoms with Crippen LogP contribution in [0.5, 0.6) is 0 Å². The van der Waals surface area contributed by atoms with Gasteiger partial charge in [0.2, 0.25) is 5.95 Å². The summed E-state index contributed by atoms with van der Waals surface area (Å²) in [6, 6.07) is 1.00. The smallest absolute Gasteiger partial charge is 0.357 e. The molecule has 0 aromatic carbocycles. The molecule has 1 rings (SSSR count). The quantitative estimate of drug-likeness (QED) is 0.837. The molecule has 1 heterocycles. The van der Waals surface area contributed by atoms with Crippen molar-refractivity contribution in [3.63, 3.8) is 0 Å². The molecule has 1 aromatic rings. The largest absolute Gasteiger partial charge is 0.433 e. The van der Waals surface area contributed by atoms with Crippen molar-refractivity contribution < 1.29 is 13.2 Å². The van der Waals surface area contributed by atoms with Crippen LogP contribution in [0.4, 0.5) is 24.9 Å². The second-order valence-electron chi connectivity index (χ2n) is 4.92. The number of hydrogen-bond acceptors (Lipinski definition) is 5. The number of hydrogen-bond donors (Lipinski definition) is 1. The highest BCUT2D eigenvalue weighted by atomic mass is 19.4. The molecule has 120 valence electrons. The van der Waals surface area contributed by atoms with Gasteiger partial charge >= 0.3 is 6.18 Å². The Labute approximate surface area is 123 Å². The van der Waals surface area contributed by atoms with Gasteiger partial charge in [0.05, 0.1) is 0 Å². The van der Waals surface area contributed by atoms with Crippen LogP contribution in [0, 0.1) is 0 Å². The first-order valence-electron chi connectivity index (χ1n) is 6.81. The highest BCUT2D eigenvalue weighted by Crippen LogP contribution is 2.30. The maximum atomic E-state index is 12.9. The van der Waals surface area contributed by atoms with E-state index in [2.05, 4.69) is 15.3 Å². The first-order valence-corrected chi connectivity index (χ1v) is 6.81. The van der Waals surface area contributed by atoms with Crippen LogP contribution in [-0.2, 0) is 6.18 Å². The highest BCUT2D eigenvalue weighted by Gasteiger charge is 2.34. The second-order valence-corrected chi connectivity index (χ2v) is 4.92. The molecule has 0 fully saturated rings. The summed E-state index contributed by atoms with van der Waals surface area (Å²) in [5, 5.41) is 2.58. The summed E-state index contributed by atoms with van der Waals surface area (Å²) < 4.78 is 38.6. The van der Waals surface area contributed by atoms with Gasteiger partial charge < -0.3 is 15.1 Å². The summed E-state index contributed by atoms with van der Waals surface area (Å²) in [5.41, 5.74) is -0.928. The Morgan fingerprint density at radius 1 is 1.19 bits per heavy atom. The van der Waals surface area contributed by atoms with Gasteiger partial charge in [0, 0.05) is 26.2 Å². The number of nitrogens with one attached hydrogen (secondary N) is 1. The Kier molecular flexibility index (Phi) is 6.19. The summed E-state index contributed by atoms with van der Waals surface area (Å²) in [7, 11) is 5.42. The molecule has 1 N–H and O–H groups in total. The van der Waals surface area contributed by atoms with E-state index in [0.29, 0.717) is 18.9 Å². The molecule has 21 heavy (non-hydrogen) atoms. The molecule has 0 spiro atoms. The minimum absolute atomic E-state index is 0.0223. The van der Waals surface area contributed by atoms with E-state index in [1.54, 1.807) is 0 Å². The van der Waals surface area contributed by atoms with Crippen molar-refractivity contribution in [2.24, 2.45) is 0 Å². The van der Waals surface area contributed by atoms with Crippen LogP contribution < -0.4 is 10.2 Å². The number of alkyl halides is 3. The van der Waals surface area contributed by atoms with Gasteiger partial charge in [0.15, 0.2) is 5.69 Å². The predicted molar refractivity (Wildman–Crippen MR) is 77.6 cm³/mol. The topological polar surface area (TPSA) is 44.3 Å². The Bertz CT molecular complexity index is 448. The Morgan fingerprint density at radius 2 is 1.86 bits per heavy atom. The van der Waals surface area contributed by atoms with Crippen LogP contribution in [0.15, 0.2) is 6.07 Å². The summed E-state index contributed by atoms with van der Waals surface area (Å²) >= 11 is 0. The normalized spacial score (nSPS) is 11.8. The fourth-order valence-electron chi connectivity index (χ4n) is 1.87. The number of aromatic nitrogens is 2. The number of nitrogens with zero attached hydrogens (tertiary/aromatic N) is 4. The molecule has 0 aliphatic rings. The molecule has 0 bridgehead atoms. The van der Waals surface area contributed by atoms with E-state index in [4.69, 9.17) is 0 Å². The maximum Gasteiger partial charge on any atom is 0.433 e. The van der Waals surface area contributed by atoms with Crippen LogP contribution in [0.25, 0.3) is 0 Å². The Hall–Kier alpha value is -1.57. The van der Waals surface area contributed by atoms with Gasteiger partial charge in [-0.3, -0.25) is 0 Å². The fraction of sp³-hybridized carbons (Fsp3) is 0.692. The lowest BCUT2D eigenvalue weighted by Crippen LogP contribution is -2.28. The van der Waals surface area contributed by atoms with Crippen molar-refractivity contribution in [1.29, 1.82) is 0 Å². The number of halogens is 3.